The van der Waals surface area contributed by atoms with Crippen molar-refractivity contribution in [3.05, 3.63) is 22.1 Å². The summed E-state index contributed by atoms with van der Waals surface area (Å²) in [7, 11) is 0. The molecule has 8 heteroatoms. The van der Waals surface area contributed by atoms with Gasteiger partial charge in [-0.25, -0.2) is 9.78 Å². The zero-order valence-corrected chi connectivity index (χ0v) is 9.63. The fourth-order valence-corrected chi connectivity index (χ4v) is 0.951. The Kier molecular flexibility index (Phi) is 3.26. The smallest absolute Gasteiger partial charge is 0.376 e. The van der Waals surface area contributed by atoms with Crippen molar-refractivity contribution in [3.8, 4) is 0 Å². The van der Waals surface area contributed by atoms with Crippen molar-refractivity contribution < 1.29 is 14.5 Å². The number of carbonyl (C=O) groups is 1. The van der Waals surface area contributed by atoms with Crippen LogP contribution in [0.4, 0.5) is 11.5 Å². The summed E-state index contributed by atoms with van der Waals surface area (Å²) in [5.41, 5.74) is 4.18. The van der Waals surface area contributed by atoms with E-state index in [1.54, 1.807) is 20.8 Å². The van der Waals surface area contributed by atoms with Gasteiger partial charge in [-0.15, -0.1) is 0 Å². The normalized spacial score (nSPS) is 11.0. The van der Waals surface area contributed by atoms with Crippen LogP contribution in [0.3, 0.4) is 0 Å². The van der Waals surface area contributed by atoms with Crippen LogP contribution in [-0.2, 0) is 4.74 Å². The first-order valence-electron chi connectivity index (χ1n) is 4.71. The summed E-state index contributed by atoms with van der Waals surface area (Å²) in [5.74, 6) is -1.45. The maximum Gasteiger partial charge on any atom is 0.376 e. The summed E-state index contributed by atoms with van der Waals surface area (Å²) < 4.78 is 4.99. The Bertz CT molecular complexity index is 467. The van der Waals surface area contributed by atoms with E-state index in [1.165, 1.54) is 0 Å². The molecule has 92 valence electrons. The monoisotopic (exact) mass is 240 g/mol. The molecule has 1 heterocycles. The fourth-order valence-electron chi connectivity index (χ4n) is 0.951. The molecular weight excluding hydrogens is 228 g/mol. The molecule has 1 aromatic heterocycles. The van der Waals surface area contributed by atoms with Crippen molar-refractivity contribution in [2.75, 3.05) is 5.73 Å². The van der Waals surface area contributed by atoms with E-state index in [-0.39, 0.29) is 11.6 Å². The van der Waals surface area contributed by atoms with Gasteiger partial charge in [0.25, 0.3) is 0 Å². The molecule has 0 amide bonds. The van der Waals surface area contributed by atoms with E-state index in [0.29, 0.717) is 0 Å². The molecule has 0 saturated heterocycles. The minimum absolute atomic E-state index is 0.303. The van der Waals surface area contributed by atoms with Gasteiger partial charge >= 0.3 is 11.7 Å². The van der Waals surface area contributed by atoms with Crippen LogP contribution in [0.1, 0.15) is 31.4 Å². The number of nitrogens with two attached hydrogens (primary N) is 1. The number of nitrogen functional groups attached to an aromatic ring is 1. The number of ether oxygens (including phenoxy) is 1. The van der Waals surface area contributed by atoms with Gasteiger partial charge in [0.15, 0.2) is 0 Å². The van der Waals surface area contributed by atoms with E-state index < -0.39 is 22.2 Å². The number of hydrogen-bond acceptors (Lipinski definition) is 7. The molecule has 1 rings (SSSR count). The van der Waals surface area contributed by atoms with Gasteiger partial charge in [0, 0.05) is 0 Å². The molecule has 0 radical (unpaired) electrons. The second kappa shape index (κ2) is 4.32. The van der Waals surface area contributed by atoms with E-state index in [0.717, 1.165) is 6.20 Å². The molecule has 2 N–H and O–H groups in total. The molecule has 1 aromatic rings. The largest absolute Gasteiger partial charge is 0.454 e. The van der Waals surface area contributed by atoms with Crippen LogP contribution in [0.5, 0.6) is 0 Å². The molecule has 0 aliphatic heterocycles. The predicted octanol–water partition coefficient (Wildman–Crippen LogP) is 0.922. The molecule has 0 unspecified atom stereocenters. The number of anilines is 1. The van der Waals surface area contributed by atoms with Gasteiger partial charge in [0.05, 0.1) is 4.92 Å². The second-order valence-electron chi connectivity index (χ2n) is 4.22. The summed E-state index contributed by atoms with van der Waals surface area (Å²) in [4.78, 5) is 28.3. The summed E-state index contributed by atoms with van der Waals surface area (Å²) in [6, 6.07) is 0. The van der Waals surface area contributed by atoms with Crippen LogP contribution in [-0.4, -0.2) is 26.5 Å². The zero-order chi connectivity index (χ0) is 13.2. The quantitative estimate of drug-likeness (QED) is 0.463. The van der Waals surface area contributed by atoms with E-state index in [9.17, 15) is 14.9 Å². The predicted molar refractivity (Wildman–Crippen MR) is 58.3 cm³/mol. The highest BCUT2D eigenvalue weighted by atomic mass is 16.6. The molecule has 0 fully saturated rings. The summed E-state index contributed by atoms with van der Waals surface area (Å²) in [6.07, 6.45) is 0.877. The number of nitrogens with zero attached hydrogens (tertiary/aromatic N) is 3. The Morgan fingerprint density at radius 3 is 2.53 bits per heavy atom. The number of aromatic nitrogens is 2. The first kappa shape index (κ1) is 12.8. The van der Waals surface area contributed by atoms with Crippen molar-refractivity contribution in [3.63, 3.8) is 0 Å². The van der Waals surface area contributed by atoms with Crippen LogP contribution in [0.25, 0.3) is 0 Å². The number of carbonyl (C=O) groups excluding carboxylic acids is 1. The van der Waals surface area contributed by atoms with Crippen molar-refractivity contribution in [2.24, 2.45) is 0 Å². The third kappa shape index (κ3) is 3.37. The highest BCUT2D eigenvalue weighted by Crippen LogP contribution is 2.17. The standard InChI is InChI=1S/C9H12N4O4/c1-9(2,3)17-8(14)7-11-4-5(13(15)16)6(10)12-7/h4H,1-3H3,(H2,10,11,12). The molecule has 0 aromatic carbocycles. The molecule has 0 aliphatic carbocycles. The molecule has 0 bridgehead atoms. The number of nitro groups is 1. The van der Waals surface area contributed by atoms with E-state index >= 15 is 0 Å². The highest BCUT2D eigenvalue weighted by Gasteiger charge is 2.23. The number of hydrogen-bond donors (Lipinski definition) is 1. The molecule has 17 heavy (non-hydrogen) atoms. The molecule has 0 atom stereocenters. The average molecular weight is 240 g/mol. The van der Waals surface area contributed by atoms with Crippen LogP contribution >= 0.6 is 0 Å². The van der Waals surface area contributed by atoms with Gasteiger partial charge in [-0.2, -0.15) is 4.98 Å². The summed E-state index contributed by atoms with van der Waals surface area (Å²) in [6.45, 7) is 5.04. The summed E-state index contributed by atoms with van der Waals surface area (Å²) >= 11 is 0. The van der Waals surface area contributed by atoms with Gasteiger partial charge in [0.1, 0.15) is 11.8 Å². The maximum atomic E-state index is 11.5. The third-order valence-corrected chi connectivity index (χ3v) is 1.58. The highest BCUT2D eigenvalue weighted by molar-refractivity contribution is 5.86. The Morgan fingerprint density at radius 2 is 2.12 bits per heavy atom. The first-order valence-corrected chi connectivity index (χ1v) is 4.71. The Hall–Kier alpha value is -2.25. The van der Waals surface area contributed by atoms with Crippen LogP contribution in [0.2, 0.25) is 0 Å². The number of esters is 1. The van der Waals surface area contributed by atoms with Crippen LogP contribution in [0.15, 0.2) is 6.20 Å². The average Bonchev–Trinajstić information content (AvgIpc) is 2.14. The third-order valence-electron chi connectivity index (χ3n) is 1.58. The van der Waals surface area contributed by atoms with Crippen molar-refractivity contribution in [2.45, 2.75) is 26.4 Å². The van der Waals surface area contributed by atoms with Gasteiger partial charge in [-0.3, -0.25) is 10.1 Å². The van der Waals surface area contributed by atoms with Crippen LogP contribution in [0, 0.1) is 10.1 Å². The Labute approximate surface area is 97.0 Å². The Balaban J connectivity index is 2.98. The minimum Gasteiger partial charge on any atom is -0.454 e. The fraction of sp³-hybridized carbons (Fsp3) is 0.444. The van der Waals surface area contributed by atoms with Gasteiger partial charge in [0.2, 0.25) is 11.6 Å². The van der Waals surface area contributed by atoms with Gasteiger partial charge < -0.3 is 10.5 Å². The van der Waals surface area contributed by atoms with E-state index in [1.807, 2.05) is 0 Å². The van der Waals surface area contributed by atoms with E-state index in [4.69, 9.17) is 10.5 Å². The SMILES string of the molecule is CC(C)(C)OC(=O)c1ncc([N+](=O)[O-])c(N)n1. The lowest BCUT2D eigenvalue weighted by atomic mass is 10.2. The lowest BCUT2D eigenvalue weighted by Gasteiger charge is -2.18. The van der Waals surface area contributed by atoms with Crippen molar-refractivity contribution in [1.82, 2.24) is 9.97 Å². The summed E-state index contributed by atoms with van der Waals surface area (Å²) in [5, 5.41) is 10.5. The van der Waals surface area contributed by atoms with Crippen LogP contribution < -0.4 is 5.73 Å². The Morgan fingerprint density at radius 1 is 1.53 bits per heavy atom. The molecular formula is C9H12N4O4. The molecule has 0 aliphatic rings. The lowest BCUT2D eigenvalue weighted by molar-refractivity contribution is -0.384. The van der Waals surface area contributed by atoms with Gasteiger partial charge in [-0.1, -0.05) is 0 Å². The first-order chi connectivity index (χ1) is 7.70. The zero-order valence-electron chi connectivity index (χ0n) is 9.63. The lowest BCUT2D eigenvalue weighted by Crippen LogP contribution is -2.25. The molecule has 0 saturated carbocycles. The maximum absolute atomic E-state index is 11.5. The van der Waals surface area contributed by atoms with Crippen molar-refractivity contribution >= 4 is 17.5 Å². The molecule has 0 spiro atoms. The number of rotatable bonds is 2. The molecule has 8 nitrogen and oxygen atoms in total. The van der Waals surface area contributed by atoms with E-state index in [2.05, 4.69) is 9.97 Å². The second-order valence-corrected chi connectivity index (χ2v) is 4.22. The topological polar surface area (TPSA) is 121 Å². The van der Waals surface area contributed by atoms with Crippen molar-refractivity contribution in [1.29, 1.82) is 0 Å². The minimum atomic E-state index is -0.779. The van der Waals surface area contributed by atoms with Gasteiger partial charge in [-0.05, 0) is 20.8 Å².